The van der Waals surface area contributed by atoms with E-state index >= 15 is 0 Å². The number of nitro groups is 1. The molecule has 0 fully saturated rings. The van der Waals surface area contributed by atoms with Gasteiger partial charge in [-0.1, -0.05) is 12.1 Å². The number of hydrogen-bond donors (Lipinski definition) is 3. The second kappa shape index (κ2) is 8.78. The summed E-state index contributed by atoms with van der Waals surface area (Å²) in [7, 11) is 1.72. The third-order valence-corrected chi connectivity index (χ3v) is 4.89. The zero-order valence-corrected chi connectivity index (χ0v) is 17.3. The molecule has 1 unspecified atom stereocenters. The fraction of sp³-hybridized carbons (Fsp3) is 0.182. The molecule has 0 radical (unpaired) electrons. The third kappa shape index (κ3) is 4.45. The summed E-state index contributed by atoms with van der Waals surface area (Å²) >= 11 is 0. The van der Waals surface area contributed by atoms with Gasteiger partial charge in [0, 0.05) is 24.9 Å². The van der Waals surface area contributed by atoms with E-state index in [2.05, 4.69) is 10.3 Å². The van der Waals surface area contributed by atoms with Gasteiger partial charge in [-0.15, -0.1) is 0 Å². The molecule has 0 aliphatic rings. The highest BCUT2D eigenvalue weighted by molar-refractivity contribution is 6.17. The minimum Gasteiger partial charge on any atom is -0.479 e. The average Bonchev–Trinajstić information content (AvgIpc) is 2.74. The summed E-state index contributed by atoms with van der Waals surface area (Å²) in [6.07, 6.45) is 1.02. The van der Waals surface area contributed by atoms with Crippen LogP contribution in [0.2, 0.25) is 0 Å². The Balaban J connectivity index is 2.02. The van der Waals surface area contributed by atoms with Crippen molar-refractivity contribution in [1.82, 2.24) is 4.98 Å². The Kier molecular flexibility index (Phi) is 6.15. The molecule has 1 heterocycles. The van der Waals surface area contributed by atoms with Crippen molar-refractivity contribution in [3.63, 3.8) is 0 Å². The lowest BCUT2D eigenvalue weighted by Gasteiger charge is -2.18. The van der Waals surface area contributed by atoms with Crippen molar-refractivity contribution in [1.29, 1.82) is 5.41 Å². The predicted octanol–water partition coefficient (Wildman–Crippen LogP) is 4.62. The Morgan fingerprint density at radius 3 is 2.58 bits per heavy atom. The van der Waals surface area contributed by atoms with Crippen LogP contribution in [0.15, 0.2) is 48.7 Å². The first-order valence-electron chi connectivity index (χ1n) is 9.45. The molecular formula is C22H22FN5O3. The van der Waals surface area contributed by atoms with Gasteiger partial charge in [0.2, 0.25) is 0 Å². The molecule has 1 aromatic heterocycles. The highest BCUT2D eigenvalue weighted by Crippen LogP contribution is 2.34. The van der Waals surface area contributed by atoms with Gasteiger partial charge in [-0.05, 0) is 49.2 Å². The van der Waals surface area contributed by atoms with Crippen molar-refractivity contribution in [2.45, 2.75) is 20.0 Å². The molecule has 0 aliphatic heterocycles. The van der Waals surface area contributed by atoms with Gasteiger partial charge < -0.3 is 15.8 Å². The average molecular weight is 423 g/mol. The molecule has 31 heavy (non-hydrogen) atoms. The molecule has 2 aromatic carbocycles. The monoisotopic (exact) mass is 423 g/mol. The molecule has 0 bridgehead atoms. The lowest BCUT2D eigenvalue weighted by Crippen LogP contribution is -2.13. The lowest BCUT2D eigenvalue weighted by atomic mass is 9.99. The zero-order chi connectivity index (χ0) is 22.7. The number of ether oxygens (including phenoxy) is 1. The normalized spacial score (nSPS) is 11.6. The molecule has 3 aromatic rings. The van der Waals surface area contributed by atoms with Crippen molar-refractivity contribution in [3.05, 3.63) is 86.8 Å². The van der Waals surface area contributed by atoms with E-state index in [0.717, 1.165) is 5.56 Å². The molecule has 0 aliphatic carbocycles. The molecular weight excluding hydrogens is 401 g/mol. The topological polar surface area (TPSA) is 127 Å². The highest BCUT2D eigenvalue weighted by atomic mass is 19.1. The molecule has 8 nitrogen and oxygen atoms in total. The van der Waals surface area contributed by atoms with E-state index < -0.39 is 11.0 Å². The number of pyridine rings is 1. The summed E-state index contributed by atoms with van der Waals surface area (Å²) < 4.78 is 19.0. The molecule has 0 saturated heterocycles. The maximum atomic E-state index is 13.2. The van der Waals surface area contributed by atoms with Gasteiger partial charge >= 0.3 is 5.69 Å². The standard InChI is InChI=1S/C22H22FN5O3/c1-12-11-27-22(25)19(21(12)26-3)20(24)15-6-9-17(28(29)30)18(10-15)31-13(2)14-4-7-16(23)8-5-14/h4-11,13,24H,1-3H3,(H3,25,26,27). The molecule has 1 atom stereocenters. The van der Waals surface area contributed by atoms with E-state index in [1.807, 2.05) is 6.92 Å². The Labute approximate surface area is 178 Å². The number of nitrogens with zero attached hydrogens (tertiary/aromatic N) is 2. The van der Waals surface area contributed by atoms with Gasteiger partial charge in [0.25, 0.3) is 0 Å². The maximum absolute atomic E-state index is 13.2. The number of hydrogen-bond acceptors (Lipinski definition) is 7. The van der Waals surface area contributed by atoms with Crippen molar-refractivity contribution >= 4 is 22.9 Å². The number of aromatic nitrogens is 1. The third-order valence-electron chi connectivity index (χ3n) is 4.89. The smallest absolute Gasteiger partial charge is 0.310 e. The number of aryl methyl sites for hydroxylation is 1. The van der Waals surface area contributed by atoms with E-state index in [-0.39, 0.29) is 28.8 Å². The maximum Gasteiger partial charge on any atom is 0.310 e. The van der Waals surface area contributed by atoms with Crippen molar-refractivity contribution in [3.8, 4) is 5.75 Å². The van der Waals surface area contributed by atoms with Crippen LogP contribution >= 0.6 is 0 Å². The minimum absolute atomic E-state index is 0.00531. The number of nitrogens with two attached hydrogens (primary N) is 1. The van der Waals surface area contributed by atoms with Gasteiger partial charge in [0.05, 0.1) is 21.9 Å². The second-order valence-electron chi connectivity index (χ2n) is 6.95. The minimum atomic E-state index is -0.581. The number of nitrogen functional groups attached to an aromatic ring is 1. The summed E-state index contributed by atoms with van der Waals surface area (Å²) in [6, 6.07) is 9.88. The van der Waals surface area contributed by atoms with Crippen LogP contribution in [0, 0.1) is 28.3 Å². The van der Waals surface area contributed by atoms with E-state index in [1.165, 1.54) is 30.3 Å². The van der Waals surface area contributed by atoms with Gasteiger partial charge in [0.1, 0.15) is 17.7 Å². The van der Waals surface area contributed by atoms with E-state index in [4.69, 9.17) is 15.9 Å². The largest absolute Gasteiger partial charge is 0.479 e. The van der Waals surface area contributed by atoms with Crippen LogP contribution < -0.4 is 15.8 Å². The fourth-order valence-electron chi connectivity index (χ4n) is 3.25. The fourth-order valence-corrected chi connectivity index (χ4v) is 3.25. The quantitative estimate of drug-likeness (QED) is 0.289. The highest BCUT2D eigenvalue weighted by Gasteiger charge is 2.22. The van der Waals surface area contributed by atoms with Gasteiger partial charge in [-0.25, -0.2) is 9.37 Å². The number of halogens is 1. The molecule has 0 saturated carbocycles. The summed E-state index contributed by atoms with van der Waals surface area (Å²) in [5.41, 5.74) is 8.72. The van der Waals surface area contributed by atoms with Crippen molar-refractivity contribution in [2.75, 3.05) is 18.1 Å². The van der Waals surface area contributed by atoms with Gasteiger partial charge in [0.15, 0.2) is 5.75 Å². The molecule has 0 spiro atoms. The first-order chi connectivity index (χ1) is 14.7. The van der Waals surface area contributed by atoms with Crippen molar-refractivity contribution in [2.24, 2.45) is 0 Å². The van der Waals surface area contributed by atoms with Crippen LogP contribution in [-0.2, 0) is 0 Å². The Bertz CT molecular complexity index is 1150. The summed E-state index contributed by atoms with van der Waals surface area (Å²) in [5, 5.41) is 23.2. The molecule has 9 heteroatoms. The second-order valence-corrected chi connectivity index (χ2v) is 6.95. The first kappa shape index (κ1) is 21.7. The zero-order valence-electron chi connectivity index (χ0n) is 17.3. The summed E-state index contributed by atoms with van der Waals surface area (Å²) in [6.45, 7) is 3.54. The first-order valence-corrected chi connectivity index (χ1v) is 9.45. The van der Waals surface area contributed by atoms with Crippen LogP contribution in [-0.4, -0.2) is 22.7 Å². The van der Waals surface area contributed by atoms with Crippen LogP contribution in [0.25, 0.3) is 0 Å². The molecule has 160 valence electrons. The van der Waals surface area contributed by atoms with Crippen LogP contribution in [0.3, 0.4) is 0 Å². The number of rotatable bonds is 7. The molecule has 3 rings (SSSR count). The van der Waals surface area contributed by atoms with E-state index in [1.54, 1.807) is 32.3 Å². The van der Waals surface area contributed by atoms with Crippen LogP contribution in [0.4, 0.5) is 21.6 Å². The van der Waals surface area contributed by atoms with E-state index in [9.17, 15) is 14.5 Å². The van der Waals surface area contributed by atoms with Crippen molar-refractivity contribution < 1.29 is 14.1 Å². The number of anilines is 2. The molecule has 4 N–H and O–H groups in total. The van der Waals surface area contributed by atoms with Gasteiger partial charge in [-0.2, -0.15) is 0 Å². The van der Waals surface area contributed by atoms with Crippen LogP contribution in [0.1, 0.15) is 35.3 Å². The lowest BCUT2D eigenvalue weighted by molar-refractivity contribution is -0.386. The summed E-state index contributed by atoms with van der Waals surface area (Å²) in [4.78, 5) is 15.1. The SMILES string of the molecule is CNc1c(C)cnc(N)c1C(=N)c1ccc([N+](=O)[O-])c(OC(C)c2ccc(F)cc2)c1. The predicted molar refractivity (Wildman–Crippen MR) is 117 cm³/mol. The van der Waals surface area contributed by atoms with Crippen LogP contribution in [0.5, 0.6) is 5.75 Å². The Morgan fingerprint density at radius 2 is 1.97 bits per heavy atom. The molecule has 0 amide bonds. The number of benzene rings is 2. The summed E-state index contributed by atoms with van der Waals surface area (Å²) in [5.74, 6) is -0.225. The number of nitrogens with one attached hydrogen (secondary N) is 2. The Hall–Kier alpha value is -4.01. The van der Waals surface area contributed by atoms with Gasteiger partial charge in [-0.3, -0.25) is 15.5 Å². The van der Waals surface area contributed by atoms with E-state index in [0.29, 0.717) is 22.4 Å². The number of nitro benzene ring substituents is 1. The Morgan fingerprint density at radius 1 is 1.29 bits per heavy atom.